The molecule has 2 N–H and O–H groups in total. The molecule has 0 radical (unpaired) electrons. The highest BCUT2D eigenvalue weighted by Gasteiger charge is 2.18. The zero-order chi connectivity index (χ0) is 10.6. The van der Waals surface area contributed by atoms with Crippen molar-refractivity contribution in [2.24, 2.45) is 0 Å². The number of hydrogen-bond acceptors (Lipinski definition) is 3. The Kier molecular flexibility index (Phi) is 4.81. The molecule has 0 amide bonds. The number of alkyl halides is 1. The van der Waals surface area contributed by atoms with E-state index in [0.717, 1.165) is 4.47 Å². The van der Waals surface area contributed by atoms with Crippen molar-refractivity contribution in [1.29, 1.82) is 0 Å². The summed E-state index contributed by atoms with van der Waals surface area (Å²) in [5, 5.41) is 19.1. The van der Waals surface area contributed by atoms with Gasteiger partial charge in [0.2, 0.25) is 0 Å². The number of hydrogen-bond donors (Lipinski definition) is 2. The fraction of sp³-hybridized carbons (Fsp3) is 0.444. The van der Waals surface area contributed by atoms with E-state index in [1.165, 1.54) is 0 Å². The molecule has 0 bridgehead atoms. The molecule has 2 atom stereocenters. The normalized spacial score (nSPS) is 15.1. The van der Waals surface area contributed by atoms with Gasteiger partial charge in [0, 0.05) is 16.5 Å². The van der Waals surface area contributed by atoms with Crippen LogP contribution >= 0.6 is 27.5 Å². The molecule has 5 heteroatoms. The van der Waals surface area contributed by atoms with Crippen LogP contribution in [0, 0.1) is 0 Å². The van der Waals surface area contributed by atoms with E-state index in [4.69, 9.17) is 11.6 Å². The average Bonchev–Trinajstić information content (AvgIpc) is 2.18. The van der Waals surface area contributed by atoms with Gasteiger partial charge in [-0.2, -0.15) is 0 Å². The third-order valence-electron chi connectivity index (χ3n) is 1.82. The summed E-state index contributed by atoms with van der Waals surface area (Å²) in [6.07, 6.45) is 0.0925. The van der Waals surface area contributed by atoms with E-state index in [-0.39, 0.29) is 0 Å². The number of aliphatic hydroxyl groups is 2. The molecule has 1 aromatic heterocycles. The minimum Gasteiger partial charge on any atom is -0.390 e. The number of aromatic nitrogens is 1. The Morgan fingerprint density at radius 3 is 2.64 bits per heavy atom. The Hall–Kier alpha value is -0.160. The maximum atomic E-state index is 9.62. The molecule has 2 unspecified atom stereocenters. The summed E-state index contributed by atoms with van der Waals surface area (Å²) < 4.78 is 0.834. The lowest BCUT2D eigenvalue weighted by molar-refractivity contribution is 0.0144. The minimum atomic E-state index is -0.971. The Morgan fingerprint density at radius 2 is 2.14 bits per heavy atom. The van der Waals surface area contributed by atoms with Gasteiger partial charge in [-0.25, -0.2) is 0 Å². The molecule has 1 aromatic rings. The number of halogens is 2. The zero-order valence-corrected chi connectivity index (χ0v) is 9.74. The fourth-order valence-electron chi connectivity index (χ4n) is 1.03. The third-order valence-corrected chi connectivity index (χ3v) is 2.51. The monoisotopic (exact) mass is 279 g/mol. The highest BCUT2D eigenvalue weighted by Crippen LogP contribution is 2.18. The van der Waals surface area contributed by atoms with Crippen LogP contribution in [0.25, 0.3) is 0 Å². The summed E-state index contributed by atoms with van der Waals surface area (Å²) >= 11 is 8.69. The lowest BCUT2D eigenvalue weighted by atomic mass is 10.1. The third kappa shape index (κ3) is 3.20. The van der Waals surface area contributed by atoms with Gasteiger partial charge in [-0.1, -0.05) is 0 Å². The molecule has 0 aliphatic rings. The Morgan fingerprint density at radius 1 is 1.43 bits per heavy atom. The lowest BCUT2D eigenvalue weighted by Gasteiger charge is -2.15. The molecule has 1 rings (SSSR count). The van der Waals surface area contributed by atoms with Gasteiger partial charge in [0.25, 0.3) is 0 Å². The SMILES string of the molecule is OC(CCCl)C(O)c1ccc(Br)cn1. The molecule has 0 spiro atoms. The molecular formula is C9H11BrClNO2. The van der Waals surface area contributed by atoms with Gasteiger partial charge < -0.3 is 10.2 Å². The van der Waals surface area contributed by atoms with Crippen molar-refractivity contribution in [1.82, 2.24) is 4.98 Å². The Labute approximate surface area is 95.9 Å². The number of pyridine rings is 1. The van der Waals surface area contributed by atoms with Crippen LogP contribution in [0.15, 0.2) is 22.8 Å². The highest BCUT2D eigenvalue weighted by atomic mass is 79.9. The summed E-state index contributed by atoms with van der Waals surface area (Å²) in [5.74, 6) is 0.314. The van der Waals surface area contributed by atoms with Crippen LogP contribution in [0.3, 0.4) is 0 Å². The number of aliphatic hydroxyl groups excluding tert-OH is 2. The molecule has 3 nitrogen and oxygen atoms in total. The van der Waals surface area contributed by atoms with Crippen molar-refractivity contribution in [2.45, 2.75) is 18.6 Å². The van der Waals surface area contributed by atoms with Gasteiger partial charge in [0.05, 0.1) is 11.8 Å². The topological polar surface area (TPSA) is 53.4 Å². The Bertz CT molecular complexity index is 281. The molecule has 0 saturated heterocycles. The average molecular weight is 281 g/mol. The first kappa shape index (κ1) is 11.9. The molecule has 0 aliphatic heterocycles. The standard InChI is InChI=1S/C9H11BrClNO2/c10-6-1-2-7(12-5-6)9(14)8(13)3-4-11/h1-2,5,8-9,13-14H,3-4H2. The molecule has 0 fully saturated rings. The van der Waals surface area contributed by atoms with Gasteiger partial charge in [-0.05, 0) is 34.5 Å². The second kappa shape index (κ2) is 5.66. The lowest BCUT2D eigenvalue weighted by Crippen LogP contribution is -2.19. The molecule has 14 heavy (non-hydrogen) atoms. The van der Waals surface area contributed by atoms with Crippen LogP contribution in [0.1, 0.15) is 18.2 Å². The van der Waals surface area contributed by atoms with Gasteiger partial charge >= 0.3 is 0 Å². The van der Waals surface area contributed by atoms with Crippen molar-refractivity contribution in [3.8, 4) is 0 Å². The van der Waals surface area contributed by atoms with Crippen LogP contribution in [0.2, 0.25) is 0 Å². The van der Waals surface area contributed by atoms with Crippen molar-refractivity contribution in [3.63, 3.8) is 0 Å². The summed E-state index contributed by atoms with van der Waals surface area (Å²) in [6.45, 7) is 0. The predicted molar refractivity (Wildman–Crippen MR) is 58.2 cm³/mol. The summed E-state index contributed by atoms with van der Waals surface area (Å²) in [6, 6.07) is 3.42. The van der Waals surface area contributed by atoms with Crippen LogP contribution < -0.4 is 0 Å². The molecule has 78 valence electrons. The van der Waals surface area contributed by atoms with E-state index in [0.29, 0.717) is 18.0 Å². The van der Waals surface area contributed by atoms with E-state index >= 15 is 0 Å². The Balaban J connectivity index is 2.68. The molecule has 0 aliphatic carbocycles. The van der Waals surface area contributed by atoms with Crippen molar-refractivity contribution < 1.29 is 10.2 Å². The van der Waals surface area contributed by atoms with Crippen molar-refractivity contribution in [2.75, 3.05) is 5.88 Å². The maximum absolute atomic E-state index is 9.62. The molecular weight excluding hydrogens is 269 g/mol. The second-order valence-corrected chi connectivity index (χ2v) is 4.18. The van der Waals surface area contributed by atoms with Crippen LogP contribution in [0.5, 0.6) is 0 Å². The summed E-state index contributed by atoms with van der Waals surface area (Å²) in [5.41, 5.74) is 0.450. The van der Waals surface area contributed by atoms with Crippen molar-refractivity contribution >= 4 is 27.5 Å². The number of rotatable bonds is 4. The van der Waals surface area contributed by atoms with Crippen LogP contribution in [-0.4, -0.2) is 27.2 Å². The van der Waals surface area contributed by atoms with Gasteiger partial charge in [-0.3, -0.25) is 4.98 Å². The second-order valence-electron chi connectivity index (χ2n) is 2.89. The van der Waals surface area contributed by atoms with E-state index in [9.17, 15) is 10.2 Å². The van der Waals surface area contributed by atoms with E-state index < -0.39 is 12.2 Å². The fourth-order valence-corrected chi connectivity index (χ4v) is 1.49. The van der Waals surface area contributed by atoms with Crippen molar-refractivity contribution in [3.05, 3.63) is 28.5 Å². The minimum absolute atomic E-state index is 0.314. The first-order chi connectivity index (χ1) is 6.65. The predicted octanol–water partition coefficient (Wildman–Crippen LogP) is 1.87. The summed E-state index contributed by atoms with van der Waals surface area (Å²) in [4.78, 5) is 3.98. The van der Waals surface area contributed by atoms with E-state index in [1.54, 1.807) is 18.3 Å². The van der Waals surface area contributed by atoms with Crippen LogP contribution in [-0.2, 0) is 0 Å². The quantitative estimate of drug-likeness (QED) is 0.828. The first-order valence-corrected chi connectivity index (χ1v) is 5.51. The van der Waals surface area contributed by atoms with E-state index in [2.05, 4.69) is 20.9 Å². The smallest absolute Gasteiger partial charge is 0.122 e. The first-order valence-electron chi connectivity index (χ1n) is 4.18. The highest BCUT2D eigenvalue weighted by molar-refractivity contribution is 9.10. The largest absolute Gasteiger partial charge is 0.390 e. The molecule has 1 heterocycles. The molecule has 0 aromatic carbocycles. The van der Waals surface area contributed by atoms with Crippen LogP contribution in [0.4, 0.5) is 0 Å². The van der Waals surface area contributed by atoms with Gasteiger partial charge in [0.15, 0.2) is 0 Å². The van der Waals surface area contributed by atoms with Gasteiger partial charge in [-0.15, -0.1) is 11.6 Å². The zero-order valence-electron chi connectivity index (χ0n) is 7.40. The maximum Gasteiger partial charge on any atom is 0.122 e. The molecule has 0 saturated carbocycles. The van der Waals surface area contributed by atoms with Gasteiger partial charge in [0.1, 0.15) is 6.10 Å². The summed E-state index contributed by atoms with van der Waals surface area (Å²) in [7, 11) is 0. The number of nitrogens with zero attached hydrogens (tertiary/aromatic N) is 1. The van der Waals surface area contributed by atoms with E-state index in [1.807, 2.05) is 0 Å².